The number of nitrogens with zero attached hydrogens (tertiary/aromatic N) is 4. The van der Waals surface area contributed by atoms with Crippen molar-refractivity contribution in [1.29, 1.82) is 0 Å². The Labute approximate surface area is 134 Å². The average Bonchev–Trinajstić information content (AvgIpc) is 3.00. The van der Waals surface area contributed by atoms with Crippen LogP contribution in [0.15, 0.2) is 24.3 Å². The molecule has 0 saturated heterocycles. The zero-order chi connectivity index (χ0) is 16.6. The summed E-state index contributed by atoms with van der Waals surface area (Å²) in [5, 5.41) is 18.1. The predicted molar refractivity (Wildman–Crippen MR) is 86.6 cm³/mol. The van der Waals surface area contributed by atoms with Gasteiger partial charge in [-0.15, -0.1) is 0 Å². The van der Waals surface area contributed by atoms with Crippen molar-refractivity contribution in [2.75, 3.05) is 5.32 Å². The molecule has 0 fully saturated rings. The van der Waals surface area contributed by atoms with E-state index in [0.29, 0.717) is 15.3 Å². The van der Waals surface area contributed by atoms with E-state index in [1.54, 1.807) is 10.7 Å². The third-order valence-electron chi connectivity index (χ3n) is 3.23. The predicted octanol–water partition coefficient (Wildman–Crippen LogP) is 2.66. The van der Waals surface area contributed by atoms with E-state index in [-0.39, 0.29) is 18.1 Å². The molecule has 0 unspecified atom stereocenters. The number of thiazole rings is 1. The zero-order valence-electron chi connectivity index (χ0n) is 12.4. The van der Waals surface area contributed by atoms with Crippen molar-refractivity contribution in [2.45, 2.75) is 20.4 Å². The van der Waals surface area contributed by atoms with Crippen LogP contribution in [0.1, 0.15) is 11.4 Å². The number of rotatable bonds is 4. The molecule has 9 heteroatoms. The number of hydrogen-bond acceptors (Lipinski definition) is 6. The van der Waals surface area contributed by atoms with Gasteiger partial charge in [0.2, 0.25) is 5.91 Å². The molecule has 0 spiro atoms. The maximum absolute atomic E-state index is 12.1. The van der Waals surface area contributed by atoms with Crippen molar-refractivity contribution in [3.8, 4) is 0 Å². The van der Waals surface area contributed by atoms with Crippen molar-refractivity contribution in [3.63, 3.8) is 0 Å². The quantitative estimate of drug-likeness (QED) is 0.585. The Morgan fingerprint density at radius 1 is 1.39 bits per heavy atom. The summed E-state index contributed by atoms with van der Waals surface area (Å²) < 4.78 is 2.27. The summed E-state index contributed by atoms with van der Waals surface area (Å²) in [6.45, 7) is 3.84. The van der Waals surface area contributed by atoms with Gasteiger partial charge in [-0.1, -0.05) is 11.3 Å². The van der Waals surface area contributed by atoms with Crippen LogP contribution in [0.5, 0.6) is 0 Å². The molecule has 0 atom stereocenters. The minimum atomic E-state index is -0.458. The molecular formula is C14H13N5O3S. The Balaban J connectivity index is 1.77. The number of aryl methyl sites for hydroxylation is 2. The van der Waals surface area contributed by atoms with Gasteiger partial charge in [0.25, 0.3) is 5.69 Å². The molecule has 1 aromatic carbocycles. The van der Waals surface area contributed by atoms with Crippen molar-refractivity contribution >= 4 is 38.3 Å². The highest BCUT2D eigenvalue weighted by Gasteiger charge is 2.13. The molecule has 23 heavy (non-hydrogen) atoms. The summed E-state index contributed by atoms with van der Waals surface area (Å²) >= 11 is 1.20. The van der Waals surface area contributed by atoms with Gasteiger partial charge in [0.1, 0.15) is 6.54 Å². The van der Waals surface area contributed by atoms with E-state index in [0.717, 1.165) is 11.4 Å². The van der Waals surface area contributed by atoms with Crippen molar-refractivity contribution in [3.05, 3.63) is 45.8 Å². The lowest BCUT2D eigenvalue weighted by Crippen LogP contribution is -2.20. The van der Waals surface area contributed by atoms with Gasteiger partial charge >= 0.3 is 0 Å². The van der Waals surface area contributed by atoms with Gasteiger partial charge in [-0.3, -0.25) is 19.6 Å². The van der Waals surface area contributed by atoms with Gasteiger partial charge < -0.3 is 5.32 Å². The average molecular weight is 331 g/mol. The van der Waals surface area contributed by atoms with Gasteiger partial charge in [0.05, 0.1) is 20.8 Å². The molecule has 8 nitrogen and oxygen atoms in total. The third kappa shape index (κ3) is 3.19. The number of hydrogen-bond donors (Lipinski definition) is 1. The smallest absolute Gasteiger partial charge is 0.270 e. The maximum Gasteiger partial charge on any atom is 0.270 e. The van der Waals surface area contributed by atoms with Gasteiger partial charge in [-0.05, 0) is 26.0 Å². The number of fused-ring (bicyclic) bond motifs is 1. The normalized spacial score (nSPS) is 10.9. The lowest BCUT2D eigenvalue weighted by atomic mass is 10.3. The molecule has 2 aromatic heterocycles. The molecule has 0 aliphatic heterocycles. The first-order chi connectivity index (χ1) is 10.9. The molecule has 3 rings (SSSR count). The van der Waals surface area contributed by atoms with Crippen LogP contribution in [-0.4, -0.2) is 25.6 Å². The number of non-ortho nitro benzene ring substituents is 1. The van der Waals surface area contributed by atoms with Crippen LogP contribution in [0, 0.1) is 24.0 Å². The summed E-state index contributed by atoms with van der Waals surface area (Å²) in [6.07, 6.45) is 0. The molecule has 1 N–H and O–H groups in total. The largest absolute Gasteiger partial charge is 0.300 e. The summed E-state index contributed by atoms with van der Waals surface area (Å²) in [7, 11) is 0. The Bertz CT molecular complexity index is 914. The van der Waals surface area contributed by atoms with Crippen LogP contribution in [0.25, 0.3) is 10.2 Å². The number of carbonyl (C=O) groups is 1. The molecule has 0 saturated carbocycles. The second-order valence-electron chi connectivity index (χ2n) is 5.06. The fourth-order valence-electron chi connectivity index (χ4n) is 2.21. The zero-order valence-corrected chi connectivity index (χ0v) is 13.3. The molecule has 0 aliphatic rings. The molecule has 118 valence electrons. The molecule has 2 heterocycles. The van der Waals surface area contributed by atoms with Crippen LogP contribution in [0.3, 0.4) is 0 Å². The molecule has 1 amide bonds. The number of aromatic nitrogens is 3. The number of anilines is 1. The first kappa shape index (κ1) is 15.1. The summed E-state index contributed by atoms with van der Waals surface area (Å²) in [5.74, 6) is -0.246. The van der Waals surface area contributed by atoms with Gasteiger partial charge in [-0.2, -0.15) is 5.10 Å². The Kier molecular flexibility index (Phi) is 3.78. The lowest BCUT2D eigenvalue weighted by molar-refractivity contribution is -0.384. The standard InChI is InChI=1S/C14H13N5O3S/c1-8-5-9(2)18(17-8)7-13(20)16-14-15-11-4-3-10(19(21)22)6-12(11)23-14/h3-6H,7H2,1-2H3,(H,15,16,20). The van der Waals surface area contributed by atoms with E-state index in [9.17, 15) is 14.9 Å². The monoisotopic (exact) mass is 331 g/mol. The van der Waals surface area contributed by atoms with Gasteiger partial charge in [-0.25, -0.2) is 4.98 Å². The van der Waals surface area contributed by atoms with Crippen LogP contribution < -0.4 is 5.32 Å². The third-order valence-corrected chi connectivity index (χ3v) is 4.16. The SMILES string of the molecule is Cc1cc(C)n(CC(=O)Nc2nc3ccc([N+](=O)[O-])cc3s2)n1. The Hall–Kier alpha value is -2.81. The summed E-state index contributed by atoms with van der Waals surface area (Å²) in [4.78, 5) is 26.7. The Morgan fingerprint density at radius 3 is 2.83 bits per heavy atom. The van der Waals surface area contributed by atoms with E-state index in [1.165, 1.54) is 23.5 Å². The van der Waals surface area contributed by atoms with E-state index in [1.807, 2.05) is 19.9 Å². The lowest BCUT2D eigenvalue weighted by Gasteiger charge is -2.03. The first-order valence-corrected chi connectivity index (χ1v) is 7.60. The number of amides is 1. The van der Waals surface area contributed by atoms with E-state index in [4.69, 9.17) is 0 Å². The molecule has 3 aromatic rings. The van der Waals surface area contributed by atoms with Crippen LogP contribution in [-0.2, 0) is 11.3 Å². The van der Waals surface area contributed by atoms with Crippen LogP contribution in [0.2, 0.25) is 0 Å². The second-order valence-corrected chi connectivity index (χ2v) is 6.09. The highest BCUT2D eigenvalue weighted by Crippen LogP contribution is 2.29. The van der Waals surface area contributed by atoms with Crippen LogP contribution in [0.4, 0.5) is 10.8 Å². The summed E-state index contributed by atoms with van der Waals surface area (Å²) in [5.41, 5.74) is 2.36. The molecule has 0 radical (unpaired) electrons. The fraction of sp³-hybridized carbons (Fsp3) is 0.214. The van der Waals surface area contributed by atoms with Gasteiger partial charge in [0.15, 0.2) is 5.13 Å². The van der Waals surface area contributed by atoms with Crippen molar-refractivity contribution in [2.24, 2.45) is 0 Å². The number of nitrogens with one attached hydrogen (secondary N) is 1. The minimum Gasteiger partial charge on any atom is -0.300 e. The molecule has 0 bridgehead atoms. The first-order valence-electron chi connectivity index (χ1n) is 6.78. The summed E-state index contributed by atoms with van der Waals surface area (Å²) in [6, 6.07) is 6.30. The van der Waals surface area contributed by atoms with Crippen molar-refractivity contribution in [1.82, 2.24) is 14.8 Å². The topological polar surface area (TPSA) is 103 Å². The van der Waals surface area contributed by atoms with E-state index < -0.39 is 4.92 Å². The fourth-order valence-corrected chi connectivity index (χ4v) is 3.13. The van der Waals surface area contributed by atoms with Crippen LogP contribution >= 0.6 is 11.3 Å². The Morgan fingerprint density at radius 2 is 2.17 bits per heavy atom. The highest BCUT2D eigenvalue weighted by atomic mass is 32.1. The number of carbonyl (C=O) groups excluding carboxylic acids is 1. The highest BCUT2D eigenvalue weighted by molar-refractivity contribution is 7.22. The minimum absolute atomic E-state index is 0.00154. The maximum atomic E-state index is 12.1. The van der Waals surface area contributed by atoms with Crippen molar-refractivity contribution < 1.29 is 9.72 Å². The number of benzene rings is 1. The molecule has 0 aliphatic carbocycles. The van der Waals surface area contributed by atoms with E-state index >= 15 is 0 Å². The van der Waals surface area contributed by atoms with Gasteiger partial charge in [0, 0.05) is 17.8 Å². The molecular weight excluding hydrogens is 318 g/mol. The number of nitro benzene ring substituents is 1. The second kappa shape index (κ2) is 5.76. The van der Waals surface area contributed by atoms with E-state index in [2.05, 4.69) is 15.4 Å². The number of nitro groups is 1.